The topological polar surface area (TPSA) is 43.2 Å². The summed E-state index contributed by atoms with van der Waals surface area (Å²) in [5.74, 6) is 1.73. The molecule has 0 radical (unpaired) electrons. The van der Waals surface area contributed by atoms with Crippen LogP contribution in [-0.4, -0.2) is 52.3 Å². The van der Waals surface area contributed by atoms with Crippen molar-refractivity contribution in [2.45, 2.75) is 50.6 Å². The third-order valence-electron chi connectivity index (χ3n) is 5.43. The van der Waals surface area contributed by atoms with E-state index >= 15 is 0 Å². The predicted molar refractivity (Wildman–Crippen MR) is 90.6 cm³/mol. The minimum absolute atomic E-state index is 0.506. The third kappa shape index (κ3) is 3.00. The highest BCUT2D eigenvalue weighted by molar-refractivity contribution is 5.71. The second kappa shape index (κ2) is 6.57. The van der Waals surface area contributed by atoms with Crippen molar-refractivity contribution in [2.24, 2.45) is 0 Å². The fraction of sp³-hybridized carbons (Fsp3) is 0.667. The lowest BCUT2D eigenvalue weighted by Crippen LogP contribution is -2.39. The van der Waals surface area contributed by atoms with E-state index in [2.05, 4.69) is 27.6 Å². The first-order valence-corrected chi connectivity index (χ1v) is 8.92. The van der Waals surface area contributed by atoms with Gasteiger partial charge in [0.05, 0.1) is 0 Å². The number of nitrogens with zero attached hydrogens (tertiary/aromatic N) is 4. The number of rotatable bonds is 3. The molecule has 2 aliphatic heterocycles. The van der Waals surface area contributed by atoms with E-state index in [1.807, 2.05) is 12.3 Å². The molecule has 0 N–H and O–H groups in total. The van der Waals surface area contributed by atoms with Crippen molar-refractivity contribution in [3.05, 3.63) is 24.2 Å². The van der Waals surface area contributed by atoms with Gasteiger partial charge in [0.15, 0.2) is 5.65 Å². The van der Waals surface area contributed by atoms with E-state index in [4.69, 9.17) is 9.72 Å². The number of piperidine rings is 1. The molecule has 2 aliphatic rings. The van der Waals surface area contributed by atoms with Crippen LogP contribution >= 0.6 is 0 Å². The first-order chi connectivity index (χ1) is 11.3. The summed E-state index contributed by atoms with van der Waals surface area (Å²) < 4.78 is 7.94. The molecule has 0 bridgehead atoms. The van der Waals surface area contributed by atoms with Gasteiger partial charge < -0.3 is 14.2 Å². The second-order valence-corrected chi connectivity index (χ2v) is 6.94. The van der Waals surface area contributed by atoms with Gasteiger partial charge >= 0.3 is 0 Å². The van der Waals surface area contributed by atoms with E-state index in [9.17, 15) is 0 Å². The Balaban J connectivity index is 1.70. The number of likely N-dealkylation sites (tertiary alicyclic amines) is 1. The van der Waals surface area contributed by atoms with Gasteiger partial charge in [-0.3, -0.25) is 0 Å². The summed E-state index contributed by atoms with van der Waals surface area (Å²) in [6, 6.07) is 4.67. The summed E-state index contributed by atoms with van der Waals surface area (Å²) in [6.07, 6.45) is 7.97. The highest BCUT2D eigenvalue weighted by atomic mass is 16.5. The van der Waals surface area contributed by atoms with E-state index < -0.39 is 0 Å². The molecular weight excluding hydrogens is 288 g/mol. The Kier molecular flexibility index (Phi) is 4.31. The number of imidazole rings is 1. The zero-order valence-corrected chi connectivity index (χ0v) is 13.9. The molecule has 2 aromatic heterocycles. The first-order valence-electron chi connectivity index (χ1n) is 8.92. The molecule has 2 aromatic rings. The Bertz CT molecular complexity index is 662. The lowest BCUT2D eigenvalue weighted by molar-refractivity contribution is 0.0822. The number of hydrogen-bond donors (Lipinski definition) is 0. The quantitative estimate of drug-likeness (QED) is 0.874. The van der Waals surface area contributed by atoms with E-state index in [0.717, 1.165) is 43.8 Å². The lowest BCUT2D eigenvalue weighted by atomic mass is 9.98. The Morgan fingerprint density at radius 3 is 2.91 bits per heavy atom. The van der Waals surface area contributed by atoms with Crippen molar-refractivity contribution < 1.29 is 4.74 Å². The maximum Gasteiger partial charge on any atom is 0.160 e. The van der Waals surface area contributed by atoms with Crippen LogP contribution in [0.15, 0.2) is 18.3 Å². The van der Waals surface area contributed by atoms with Crippen molar-refractivity contribution in [3.63, 3.8) is 0 Å². The summed E-state index contributed by atoms with van der Waals surface area (Å²) in [6.45, 7) is 3.92. The number of ether oxygens (including phenoxy) is 1. The van der Waals surface area contributed by atoms with Gasteiger partial charge in [0.25, 0.3) is 0 Å². The van der Waals surface area contributed by atoms with Crippen LogP contribution in [0.25, 0.3) is 11.2 Å². The average Bonchev–Trinajstić information content (AvgIpc) is 2.96. The van der Waals surface area contributed by atoms with Crippen molar-refractivity contribution >= 4 is 11.2 Å². The van der Waals surface area contributed by atoms with Crippen LogP contribution < -0.4 is 0 Å². The highest BCUT2D eigenvalue weighted by Crippen LogP contribution is 2.30. The van der Waals surface area contributed by atoms with Crippen molar-refractivity contribution in [2.75, 3.05) is 26.8 Å². The molecule has 2 fully saturated rings. The van der Waals surface area contributed by atoms with Crippen LogP contribution in [0.3, 0.4) is 0 Å². The number of likely N-dealkylation sites (N-methyl/N-ethyl adjacent to an activating group) is 1. The van der Waals surface area contributed by atoms with Crippen LogP contribution in [0.1, 0.15) is 43.8 Å². The number of pyridine rings is 1. The standard InChI is InChI=1S/C18H26N4O/c1-21-10-3-2-5-15(21)13-22-17(14-7-11-23-12-8-14)20-16-6-4-9-19-18(16)22/h4,6,9,14-15H,2-3,5,7-8,10-13H2,1H3. The van der Waals surface area contributed by atoms with Crippen molar-refractivity contribution in [1.82, 2.24) is 19.4 Å². The van der Waals surface area contributed by atoms with Crippen LogP contribution in [0.5, 0.6) is 0 Å². The molecule has 0 spiro atoms. The molecule has 4 heterocycles. The summed E-state index contributed by atoms with van der Waals surface area (Å²) in [4.78, 5) is 12.1. The van der Waals surface area contributed by atoms with Gasteiger partial charge in [-0.1, -0.05) is 6.42 Å². The molecule has 1 atom stereocenters. The van der Waals surface area contributed by atoms with E-state index in [-0.39, 0.29) is 0 Å². The van der Waals surface area contributed by atoms with Gasteiger partial charge in [-0.25, -0.2) is 9.97 Å². The Morgan fingerprint density at radius 1 is 1.22 bits per heavy atom. The highest BCUT2D eigenvalue weighted by Gasteiger charge is 2.26. The van der Waals surface area contributed by atoms with Gasteiger partial charge in [-0.2, -0.15) is 0 Å². The van der Waals surface area contributed by atoms with Crippen LogP contribution in [0.4, 0.5) is 0 Å². The van der Waals surface area contributed by atoms with Gasteiger partial charge in [0, 0.05) is 37.9 Å². The van der Waals surface area contributed by atoms with E-state index in [1.165, 1.54) is 31.6 Å². The Labute approximate surface area is 137 Å². The van der Waals surface area contributed by atoms with Gasteiger partial charge in [-0.15, -0.1) is 0 Å². The molecule has 0 aromatic carbocycles. The Morgan fingerprint density at radius 2 is 2.09 bits per heavy atom. The minimum Gasteiger partial charge on any atom is -0.381 e. The molecule has 124 valence electrons. The Hall–Kier alpha value is -1.46. The normalized spacial score (nSPS) is 24.3. The van der Waals surface area contributed by atoms with E-state index in [1.54, 1.807) is 0 Å². The largest absolute Gasteiger partial charge is 0.381 e. The van der Waals surface area contributed by atoms with Crippen molar-refractivity contribution in [1.29, 1.82) is 0 Å². The van der Waals surface area contributed by atoms with Crippen LogP contribution in [0.2, 0.25) is 0 Å². The molecule has 2 saturated heterocycles. The average molecular weight is 314 g/mol. The molecule has 5 heteroatoms. The number of fused-ring (bicyclic) bond motifs is 1. The molecule has 0 amide bonds. The first kappa shape index (κ1) is 15.1. The van der Waals surface area contributed by atoms with Gasteiger partial charge in [0.2, 0.25) is 0 Å². The SMILES string of the molecule is CN1CCCCC1Cn1c(C2CCOCC2)nc2cccnc21. The minimum atomic E-state index is 0.506. The molecule has 4 rings (SSSR count). The summed E-state index contributed by atoms with van der Waals surface area (Å²) in [7, 11) is 2.25. The van der Waals surface area contributed by atoms with Gasteiger partial charge in [0.1, 0.15) is 11.3 Å². The molecule has 0 aliphatic carbocycles. The lowest BCUT2D eigenvalue weighted by Gasteiger charge is -2.33. The molecule has 1 unspecified atom stereocenters. The smallest absolute Gasteiger partial charge is 0.160 e. The summed E-state index contributed by atoms with van der Waals surface area (Å²) in [5.41, 5.74) is 2.08. The van der Waals surface area contributed by atoms with Crippen LogP contribution in [0, 0.1) is 0 Å². The second-order valence-electron chi connectivity index (χ2n) is 6.94. The summed E-state index contributed by atoms with van der Waals surface area (Å²) in [5, 5.41) is 0. The monoisotopic (exact) mass is 314 g/mol. The molecule has 0 saturated carbocycles. The van der Waals surface area contributed by atoms with Gasteiger partial charge in [-0.05, 0) is 51.4 Å². The fourth-order valence-electron chi connectivity index (χ4n) is 4.01. The molecular formula is C18H26N4O. The van der Waals surface area contributed by atoms with E-state index in [0.29, 0.717) is 12.0 Å². The molecule has 23 heavy (non-hydrogen) atoms. The zero-order chi connectivity index (χ0) is 15.6. The maximum absolute atomic E-state index is 5.54. The third-order valence-corrected chi connectivity index (χ3v) is 5.43. The van der Waals surface area contributed by atoms with Crippen LogP contribution in [-0.2, 0) is 11.3 Å². The number of hydrogen-bond acceptors (Lipinski definition) is 4. The fourth-order valence-corrected chi connectivity index (χ4v) is 4.01. The van der Waals surface area contributed by atoms with Crippen molar-refractivity contribution in [3.8, 4) is 0 Å². The maximum atomic E-state index is 5.54. The summed E-state index contributed by atoms with van der Waals surface area (Å²) >= 11 is 0. The zero-order valence-electron chi connectivity index (χ0n) is 13.9. The molecule has 5 nitrogen and oxygen atoms in total. The number of aromatic nitrogens is 3. The predicted octanol–water partition coefficient (Wildman–Crippen LogP) is 2.81.